The van der Waals surface area contributed by atoms with Gasteiger partial charge >= 0.3 is 5.97 Å². The fourth-order valence-electron chi connectivity index (χ4n) is 2.89. The topological polar surface area (TPSA) is 95.9 Å². The van der Waals surface area contributed by atoms with Crippen molar-refractivity contribution in [2.45, 2.75) is 38.8 Å². The van der Waals surface area contributed by atoms with E-state index in [0.29, 0.717) is 25.9 Å². The van der Waals surface area contributed by atoms with Crippen LogP contribution in [0.25, 0.3) is 0 Å². The molecular formula is C18H24N2O5. The SMILES string of the molecule is CCCC(NC(=O)C1CC(=O)N(Cc2ccc(OC)cc2)C1)C(=O)O. The number of amides is 2. The maximum Gasteiger partial charge on any atom is 0.326 e. The van der Waals surface area contributed by atoms with Crippen molar-refractivity contribution in [3.05, 3.63) is 29.8 Å². The van der Waals surface area contributed by atoms with Crippen LogP contribution in [0.2, 0.25) is 0 Å². The molecule has 1 aromatic rings. The Kier molecular flexibility index (Phi) is 6.38. The average Bonchev–Trinajstić information content (AvgIpc) is 2.96. The van der Waals surface area contributed by atoms with Gasteiger partial charge in [0, 0.05) is 19.5 Å². The Bertz CT molecular complexity index is 629. The van der Waals surface area contributed by atoms with Gasteiger partial charge in [-0.05, 0) is 24.1 Å². The number of methoxy groups -OCH3 is 1. The first-order chi connectivity index (χ1) is 11.9. The van der Waals surface area contributed by atoms with Crippen LogP contribution in [0.15, 0.2) is 24.3 Å². The second-order valence-electron chi connectivity index (χ2n) is 6.21. The van der Waals surface area contributed by atoms with Gasteiger partial charge in [-0.15, -0.1) is 0 Å². The lowest BCUT2D eigenvalue weighted by Crippen LogP contribution is -2.44. The number of nitrogens with one attached hydrogen (secondary N) is 1. The monoisotopic (exact) mass is 348 g/mol. The third kappa shape index (κ3) is 4.95. The predicted molar refractivity (Wildman–Crippen MR) is 91.0 cm³/mol. The van der Waals surface area contributed by atoms with Gasteiger partial charge in [0.2, 0.25) is 11.8 Å². The first-order valence-corrected chi connectivity index (χ1v) is 8.38. The second-order valence-corrected chi connectivity index (χ2v) is 6.21. The molecule has 1 heterocycles. The molecule has 7 nitrogen and oxygen atoms in total. The van der Waals surface area contributed by atoms with Crippen LogP contribution in [-0.2, 0) is 20.9 Å². The molecule has 136 valence electrons. The molecule has 2 N–H and O–H groups in total. The molecule has 0 spiro atoms. The van der Waals surface area contributed by atoms with Gasteiger partial charge in [-0.2, -0.15) is 0 Å². The molecule has 0 aromatic heterocycles. The van der Waals surface area contributed by atoms with Crippen LogP contribution < -0.4 is 10.1 Å². The van der Waals surface area contributed by atoms with Crippen LogP contribution >= 0.6 is 0 Å². The van der Waals surface area contributed by atoms with E-state index >= 15 is 0 Å². The van der Waals surface area contributed by atoms with Gasteiger partial charge in [-0.25, -0.2) is 4.79 Å². The summed E-state index contributed by atoms with van der Waals surface area (Å²) in [7, 11) is 1.59. The van der Waals surface area contributed by atoms with Gasteiger partial charge in [0.1, 0.15) is 11.8 Å². The molecular weight excluding hydrogens is 324 g/mol. The van der Waals surface area contributed by atoms with Gasteiger partial charge in [-0.1, -0.05) is 25.5 Å². The molecule has 25 heavy (non-hydrogen) atoms. The molecule has 1 saturated heterocycles. The normalized spacial score (nSPS) is 18.1. The Labute approximate surface area is 147 Å². The van der Waals surface area contributed by atoms with E-state index < -0.39 is 17.9 Å². The lowest BCUT2D eigenvalue weighted by molar-refractivity contribution is -0.142. The van der Waals surface area contributed by atoms with Gasteiger partial charge in [0.25, 0.3) is 0 Å². The van der Waals surface area contributed by atoms with Crippen molar-refractivity contribution in [1.82, 2.24) is 10.2 Å². The fourth-order valence-corrected chi connectivity index (χ4v) is 2.89. The summed E-state index contributed by atoms with van der Waals surface area (Å²) in [6.07, 6.45) is 1.14. The summed E-state index contributed by atoms with van der Waals surface area (Å²) in [5.74, 6) is -1.28. The van der Waals surface area contributed by atoms with E-state index in [-0.39, 0.29) is 18.2 Å². The standard InChI is InChI=1S/C18H24N2O5/c1-3-4-15(18(23)24)19-17(22)13-9-16(21)20(11-13)10-12-5-7-14(25-2)8-6-12/h5-8,13,15H,3-4,9-11H2,1-2H3,(H,19,22)(H,23,24). The third-order valence-electron chi connectivity index (χ3n) is 4.31. The number of carboxylic acid groups (broad SMARTS) is 1. The summed E-state index contributed by atoms with van der Waals surface area (Å²) in [6.45, 7) is 2.58. The average molecular weight is 348 g/mol. The van der Waals surface area contributed by atoms with Gasteiger partial charge in [0.05, 0.1) is 13.0 Å². The second kappa shape index (κ2) is 8.50. The zero-order valence-electron chi connectivity index (χ0n) is 14.5. The highest BCUT2D eigenvalue weighted by atomic mass is 16.5. The largest absolute Gasteiger partial charge is 0.497 e. The summed E-state index contributed by atoms with van der Waals surface area (Å²) in [5.41, 5.74) is 0.949. The number of likely N-dealkylation sites (tertiary alicyclic amines) is 1. The molecule has 1 aliphatic rings. The minimum absolute atomic E-state index is 0.0988. The van der Waals surface area contributed by atoms with Crippen molar-refractivity contribution in [3.8, 4) is 5.75 Å². The minimum Gasteiger partial charge on any atom is -0.497 e. The molecule has 1 aromatic carbocycles. The van der Waals surface area contributed by atoms with E-state index in [1.54, 1.807) is 12.0 Å². The number of hydrogen-bond acceptors (Lipinski definition) is 4. The summed E-state index contributed by atoms with van der Waals surface area (Å²) in [6, 6.07) is 6.50. The Morgan fingerprint density at radius 2 is 2.04 bits per heavy atom. The number of nitrogens with zero attached hydrogens (tertiary/aromatic N) is 1. The van der Waals surface area contributed by atoms with Crippen LogP contribution in [-0.4, -0.2) is 47.5 Å². The lowest BCUT2D eigenvalue weighted by Gasteiger charge is -2.18. The fraction of sp³-hybridized carbons (Fsp3) is 0.500. The van der Waals surface area contributed by atoms with Crippen molar-refractivity contribution in [1.29, 1.82) is 0 Å². The molecule has 1 aliphatic heterocycles. The smallest absolute Gasteiger partial charge is 0.326 e. The number of ether oxygens (including phenoxy) is 1. The minimum atomic E-state index is -1.05. The van der Waals surface area contributed by atoms with Crippen LogP contribution in [0.1, 0.15) is 31.7 Å². The lowest BCUT2D eigenvalue weighted by atomic mass is 10.1. The van der Waals surface area contributed by atoms with Gasteiger partial charge < -0.3 is 20.1 Å². The van der Waals surface area contributed by atoms with Crippen molar-refractivity contribution in [3.63, 3.8) is 0 Å². The predicted octanol–water partition coefficient (Wildman–Crippen LogP) is 1.41. The molecule has 0 aliphatic carbocycles. The number of benzene rings is 1. The molecule has 0 bridgehead atoms. The molecule has 7 heteroatoms. The number of carbonyl (C=O) groups is 3. The van der Waals surface area contributed by atoms with Crippen molar-refractivity contribution < 1.29 is 24.2 Å². The van der Waals surface area contributed by atoms with Crippen molar-refractivity contribution >= 4 is 17.8 Å². The highest BCUT2D eigenvalue weighted by Crippen LogP contribution is 2.21. The van der Waals surface area contributed by atoms with Gasteiger partial charge in [-0.3, -0.25) is 9.59 Å². The number of hydrogen-bond donors (Lipinski definition) is 2. The number of carboxylic acids is 1. The van der Waals surface area contributed by atoms with Crippen LogP contribution in [0, 0.1) is 5.92 Å². The van der Waals surface area contributed by atoms with E-state index in [1.807, 2.05) is 31.2 Å². The Balaban J connectivity index is 1.94. The van der Waals surface area contributed by atoms with E-state index in [4.69, 9.17) is 9.84 Å². The van der Waals surface area contributed by atoms with Crippen molar-refractivity contribution in [2.24, 2.45) is 5.92 Å². The first kappa shape index (κ1) is 18.8. The molecule has 0 saturated carbocycles. The quantitative estimate of drug-likeness (QED) is 0.741. The van der Waals surface area contributed by atoms with E-state index in [2.05, 4.69) is 5.32 Å². The number of carbonyl (C=O) groups excluding carboxylic acids is 2. The number of aliphatic carboxylic acids is 1. The Morgan fingerprint density at radius 1 is 1.36 bits per heavy atom. The zero-order chi connectivity index (χ0) is 18.4. The van der Waals surface area contributed by atoms with Crippen LogP contribution in [0.5, 0.6) is 5.75 Å². The highest BCUT2D eigenvalue weighted by Gasteiger charge is 2.35. The number of rotatable bonds is 8. The summed E-state index contributed by atoms with van der Waals surface area (Å²) < 4.78 is 5.10. The Hall–Kier alpha value is -2.57. The summed E-state index contributed by atoms with van der Waals surface area (Å²) in [4.78, 5) is 37.2. The molecule has 2 rings (SSSR count). The first-order valence-electron chi connectivity index (χ1n) is 8.38. The van der Waals surface area contributed by atoms with E-state index in [1.165, 1.54) is 0 Å². The Morgan fingerprint density at radius 3 is 2.60 bits per heavy atom. The van der Waals surface area contributed by atoms with Crippen LogP contribution in [0.3, 0.4) is 0 Å². The highest BCUT2D eigenvalue weighted by molar-refractivity contribution is 5.91. The van der Waals surface area contributed by atoms with Crippen LogP contribution in [0.4, 0.5) is 0 Å². The molecule has 2 amide bonds. The summed E-state index contributed by atoms with van der Waals surface area (Å²) >= 11 is 0. The molecule has 1 fully saturated rings. The molecule has 2 atom stereocenters. The summed E-state index contributed by atoms with van der Waals surface area (Å²) in [5, 5.41) is 11.7. The third-order valence-corrected chi connectivity index (χ3v) is 4.31. The molecule has 0 radical (unpaired) electrons. The van der Waals surface area contributed by atoms with Crippen molar-refractivity contribution in [2.75, 3.05) is 13.7 Å². The molecule has 2 unspecified atom stereocenters. The maximum absolute atomic E-state index is 12.3. The van der Waals surface area contributed by atoms with E-state index in [9.17, 15) is 14.4 Å². The maximum atomic E-state index is 12.3. The van der Waals surface area contributed by atoms with E-state index in [0.717, 1.165) is 11.3 Å². The zero-order valence-corrected chi connectivity index (χ0v) is 14.5. The van der Waals surface area contributed by atoms with Gasteiger partial charge in [0.15, 0.2) is 0 Å².